The summed E-state index contributed by atoms with van der Waals surface area (Å²) in [6, 6.07) is 11.3. The highest BCUT2D eigenvalue weighted by molar-refractivity contribution is 5.74. The predicted octanol–water partition coefficient (Wildman–Crippen LogP) is 4.41. The second kappa shape index (κ2) is 9.13. The van der Waals surface area contributed by atoms with Gasteiger partial charge in [0.05, 0.1) is 12.6 Å². The first-order valence-corrected chi connectivity index (χ1v) is 8.88. The van der Waals surface area contributed by atoms with Crippen molar-refractivity contribution >= 4 is 6.03 Å². The summed E-state index contributed by atoms with van der Waals surface area (Å²) in [5.41, 5.74) is 4.44. The zero-order valence-electron chi connectivity index (χ0n) is 16.2. The average Bonchev–Trinajstić information content (AvgIpc) is 2.59. The molecule has 1 unspecified atom stereocenters. The summed E-state index contributed by atoms with van der Waals surface area (Å²) in [5, 5.41) is 5.64. The first-order chi connectivity index (χ1) is 12.4. The van der Waals surface area contributed by atoms with Crippen molar-refractivity contribution in [3.8, 4) is 11.5 Å². The van der Waals surface area contributed by atoms with E-state index in [0.29, 0.717) is 6.61 Å². The van der Waals surface area contributed by atoms with Crippen molar-refractivity contribution in [2.24, 2.45) is 0 Å². The summed E-state index contributed by atoms with van der Waals surface area (Å²) in [5.74, 6) is 1.52. The van der Waals surface area contributed by atoms with Gasteiger partial charge >= 0.3 is 6.03 Å². The zero-order chi connectivity index (χ0) is 19.1. The zero-order valence-corrected chi connectivity index (χ0v) is 16.2. The minimum absolute atomic E-state index is 0.104. The van der Waals surface area contributed by atoms with Crippen molar-refractivity contribution in [2.45, 2.75) is 40.7 Å². The van der Waals surface area contributed by atoms with Crippen LogP contribution in [0.5, 0.6) is 11.5 Å². The van der Waals surface area contributed by atoms with Gasteiger partial charge in [0, 0.05) is 5.56 Å². The summed E-state index contributed by atoms with van der Waals surface area (Å²) >= 11 is 0. The molecule has 0 aliphatic carbocycles. The van der Waals surface area contributed by atoms with Gasteiger partial charge in [-0.1, -0.05) is 23.8 Å². The predicted molar refractivity (Wildman–Crippen MR) is 104 cm³/mol. The standard InChI is InChI=1S/C21H28N2O3/c1-6-25-20-10-7-14(2)11-19(20)17(5)23-21(24)22-13-26-18-9-8-15(3)16(4)12-18/h7-12,17H,6,13H2,1-5H3,(H2,22,23,24). The van der Waals surface area contributed by atoms with Gasteiger partial charge in [0.2, 0.25) is 0 Å². The van der Waals surface area contributed by atoms with E-state index in [1.54, 1.807) is 0 Å². The molecule has 5 nitrogen and oxygen atoms in total. The van der Waals surface area contributed by atoms with Crippen LogP contribution in [0.4, 0.5) is 4.79 Å². The van der Waals surface area contributed by atoms with Crippen molar-refractivity contribution in [2.75, 3.05) is 13.3 Å². The quantitative estimate of drug-likeness (QED) is 0.723. The van der Waals surface area contributed by atoms with E-state index in [1.807, 2.05) is 71.0 Å². The van der Waals surface area contributed by atoms with Crippen molar-refractivity contribution in [3.63, 3.8) is 0 Å². The lowest BCUT2D eigenvalue weighted by Gasteiger charge is -2.19. The Morgan fingerprint density at radius 3 is 2.50 bits per heavy atom. The van der Waals surface area contributed by atoms with Crippen molar-refractivity contribution in [1.82, 2.24) is 10.6 Å². The first kappa shape index (κ1) is 19.6. The molecule has 0 aliphatic heterocycles. The SMILES string of the molecule is CCOc1ccc(C)cc1C(C)NC(=O)NCOc1ccc(C)c(C)c1. The van der Waals surface area contributed by atoms with E-state index in [4.69, 9.17) is 9.47 Å². The molecule has 5 heteroatoms. The van der Waals surface area contributed by atoms with Gasteiger partial charge in [0.25, 0.3) is 0 Å². The van der Waals surface area contributed by atoms with Gasteiger partial charge < -0.3 is 20.1 Å². The number of urea groups is 1. The summed E-state index contributed by atoms with van der Waals surface area (Å²) in [6.07, 6.45) is 0. The maximum absolute atomic E-state index is 12.1. The molecule has 2 rings (SSSR count). The summed E-state index contributed by atoms with van der Waals surface area (Å²) in [7, 11) is 0. The minimum Gasteiger partial charge on any atom is -0.494 e. The smallest absolute Gasteiger partial charge is 0.317 e. The minimum atomic E-state index is -0.287. The second-order valence-electron chi connectivity index (χ2n) is 6.38. The van der Waals surface area contributed by atoms with Crippen LogP contribution in [0, 0.1) is 20.8 Å². The van der Waals surface area contributed by atoms with Crippen LogP contribution in [0.3, 0.4) is 0 Å². The van der Waals surface area contributed by atoms with Gasteiger partial charge in [0.1, 0.15) is 11.5 Å². The molecule has 140 valence electrons. The number of ether oxygens (including phenoxy) is 2. The Morgan fingerprint density at radius 1 is 1.04 bits per heavy atom. The Labute approximate surface area is 155 Å². The van der Waals surface area contributed by atoms with Gasteiger partial charge in [-0.05, 0) is 63.9 Å². The molecule has 26 heavy (non-hydrogen) atoms. The van der Waals surface area contributed by atoms with E-state index < -0.39 is 0 Å². The van der Waals surface area contributed by atoms with Crippen LogP contribution in [0.1, 0.15) is 42.1 Å². The molecule has 1 atom stereocenters. The number of hydrogen-bond donors (Lipinski definition) is 2. The molecule has 2 N–H and O–H groups in total. The van der Waals surface area contributed by atoms with Crippen LogP contribution in [-0.4, -0.2) is 19.4 Å². The Bertz CT molecular complexity index is 759. The molecule has 0 bridgehead atoms. The maximum atomic E-state index is 12.1. The number of carbonyl (C=O) groups is 1. The Kier molecular flexibility index (Phi) is 6.89. The van der Waals surface area contributed by atoms with Crippen LogP contribution in [0.15, 0.2) is 36.4 Å². The molecular weight excluding hydrogens is 328 g/mol. The Morgan fingerprint density at radius 2 is 1.81 bits per heavy atom. The molecule has 0 spiro atoms. The van der Waals surface area contributed by atoms with Gasteiger partial charge in [-0.15, -0.1) is 0 Å². The third-order valence-electron chi connectivity index (χ3n) is 4.23. The first-order valence-electron chi connectivity index (χ1n) is 8.88. The fraction of sp³-hybridized carbons (Fsp3) is 0.381. The molecule has 2 aromatic carbocycles. The van der Waals surface area contributed by atoms with Crippen LogP contribution < -0.4 is 20.1 Å². The topological polar surface area (TPSA) is 59.6 Å². The van der Waals surface area contributed by atoms with Crippen molar-refractivity contribution in [1.29, 1.82) is 0 Å². The van der Waals surface area contributed by atoms with Crippen LogP contribution in [0.25, 0.3) is 0 Å². The van der Waals surface area contributed by atoms with E-state index in [-0.39, 0.29) is 18.8 Å². The monoisotopic (exact) mass is 356 g/mol. The second-order valence-corrected chi connectivity index (χ2v) is 6.38. The maximum Gasteiger partial charge on any atom is 0.317 e. The highest BCUT2D eigenvalue weighted by Crippen LogP contribution is 2.26. The van der Waals surface area contributed by atoms with Crippen molar-refractivity contribution < 1.29 is 14.3 Å². The molecule has 0 saturated heterocycles. The average molecular weight is 356 g/mol. The number of nitrogens with one attached hydrogen (secondary N) is 2. The number of hydrogen-bond acceptors (Lipinski definition) is 3. The summed E-state index contributed by atoms with van der Waals surface area (Å²) < 4.78 is 11.2. The third kappa shape index (κ3) is 5.41. The number of benzene rings is 2. The highest BCUT2D eigenvalue weighted by Gasteiger charge is 2.14. The molecule has 0 aromatic heterocycles. The molecular formula is C21H28N2O3. The van der Waals surface area contributed by atoms with Crippen LogP contribution in [-0.2, 0) is 0 Å². The molecule has 0 radical (unpaired) electrons. The largest absolute Gasteiger partial charge is 0.494 e. The third-order valence-corrected chi connectivity index (χ3v) is 4.23. The Balaban J connectivity index is 1.89. The molecule has 0 aliphatic rings. The van der Waals surface area contributed by atoms with E-state index in [2.05, 4.69) is 10.6 Å². The van der Waals surface area contributed by atoms with Gasteiger partial charge in [-0.2, -0.15) is 0 Å². The highest BCUT2D eigenvalue weighted by atomic mass is 16.5. The molecule has 2 aromatic rings. The molecule has 0 fully saturated rings. The number of carbonyl (C=O) groups excluding carboxylic acids is 1. The lowest BCUT2D eigenvalue weighted by atomic mass is 10.0. The number of rotatable bonds is 7. The van der Waals surface area contributed by atoms with E-state index in [1.165, 1.54) is 5.56 Å². The summed E-state index contributed by atoms with van der Waals surface area (Å²) in [4.78, 5) is 12.1. The number of aryl methyl sites for hydroxylation is 3. The Hall–Kier alpha value is -2.69. The lowest BCUT2D eigenvalue weighted by Crippen LogP contribution is -2.39. The molecule has 0 heterocycles. The van der Waals surface area contributed by atoms with Gasteiger partial charge in [0.15, 0.2) is 6.73 Å². The fourth-order valence-corrected chi connectivity index (χ4v) is 2.61. The normalized spacial score (nSPS) is 11.6. The van der Waals surface area contributed by atoms with E-state index in [9.17, 15) is 4.79 Å². The van der Waals surface area contributed by atoms with Crippen LogP contribution >= 0.6 is 0 Å². The fourth-order valence-electron chi connectivity index (χ4n) is 2.61. The molecule has 2 amide bonds. The van der Waals surface area contributed by atoms with Crippen molar-refractivity contribution in [3.05, 3.63) is 58.7 Å². The number of amides is 2. The lowest BCUT2D eigenvalue weighted by molar-refractivity contribution is 0.221. The van der Waals surface area contributed by atoms with Gasteiger partial charge in [-0.3, -0.25) is 0 Å². The van der Waals surface area contributed by atoms with E-state index >= 15 is 0 Å². The van der Waals surface area contributed by atoms with Gasteiger partial charge in [-0.25, -0.2) is 4.79 Å². The summed E-state index contributed by atoms with van der Waals surface area (Å²) in [6.45, 7) is 10.7. The molecule has 0 saturated carbocycles. The van der Waals surface area contributed by atoms with Crippen LogP contribution in [0.2, 0.25) is 0 Å². The van der Waals surface area contributed by atoms with E-state index in [0.717, 1.165) is 28.2 Å².